The molecule has 3 rings (SSSR count). The summed E-state index contributed by atoms with van der Waals surface area (Å²) in [5.74, 6) is 0.148. The van der Waals surface area contributed by atoms with E-state index in [0.29, 0.717) is 17.0 Å². The second-order valence-corrected chi connectivity index (χ2v) is 5.90. The number of rotatable bonds is 5. The summed E-state index contributed by atoms with van der Waals surface area (Å²) >= 11 is 5.87. The summed E-state index contributed by atoms with van der Waals surface area (Å²) < 4.78 is 6.71. The highest BCUT2D eigenvalue weighted by molar-refractivity contribution is 6.17. The van der Waals surface area contributed by atoms with Gasteiger partial charge in [-0.25, -0.2) is 9.78 Å². The van der Waals surface area contributed by atoms with E-state index in [4.69, 9.17) is 26.6 Å². The predicted octanol–water partition coefficient (Wildman–Crippen LogP) is 3.83. The van der Waals surface area contributed by atoms with E-state index in [0.717, 1.165) is 35.4 Å². The van der Waals surface area contributed by atoms with Crippen LogP contribution in [-0.2, 0) is 11.2 Å². The Labute approximate surface area is 150 Å². The fourth-order valence-corrected chi connectivity index (χ4v) is 2.87. The van der Waals surface area contributed by atoms with Crippen molar-refractivity contribution < 1.29 is 9.53 Å². The lowest BCUT2D eigenvalue weighted by atomic mass is 10.1. The standard InChI is InChI=1S/C19H16ClN3O2/c1-25-19(24)15-8-9-17-22-18(14-6-4-13(11-21)5-7-14)16(3-2-10-20)23(17)12-15/h4-9,12H,2-3,10H2,1H3. The van der Waals surface area contributed by atoms with Crippen molar-refractivity contribution >= 4 is 23.2 Å². The Hall–Kier alpha value is -2.84. The summed E-state index contributed by atoms with van der Waals surface area (Å²) in [7, 11) is 1.36. The van der Waals surface area contributed by atoms with Gasteiger partial charge in [0.2, 0.25) is 0 Å². The van der Waals surface area contributed by atoms with Crippen LogP contribution in [0.5, 0.6) is 0 Å². The van der Waals surface area contributed by atoms with Gasteiger partial charge in [0.1, 0.15) is 5.65 Å². The average molecular weight is 354 g/mol. The summed E-state index contributed by atoms with van der Waals surface area (Å²) in [4.78, 5) is 16.5. The van der Waals surface area contributed by atoms with Gasteiger partial charge in [0, 0.05) is 17.6 Å². The molecule has 2 aromatic heterocycles. The van der Waals surface area contributed by atoms with Gasteiger partial charge in [-0.1, -0.05) is 12.1 Å². The largest absolute Gasteiger partial charge is 0.465 e. The van der Waals surface area contributed by atoms with Crippen molar-refractivity contribution in [3.05, 3.63) is 59.4 Å². The first-order valence-electron chi connectivity index (χ1n) is 7.83. The molecule has 126 valence electrons. The van der Waals surface area contributed by atoms with Gasteiger partial charge < -0.3 is 9.14 Å². The molecule has 0 atom stereocenters. The maximum atomic E-state index is 11.8. The normalized spacial score (nSPS) is 10.6. The Morgan fingerprint density at radius 1 is 1.28 bits per heavy atom. The van der Waals surface area contributed by atoms with Gasteiger partial charge in [0.15, 0.2) is 0 Å². The highest BCUT2D eigenvalue weighted by Crippen LogP contribution is 2.26. The second-order valence-electron chi connectivity index (χ2n) is 5.53. The van der Waals surface area contributed by atoms with Crippen LogP contribution >= 0.6 is 11.6 Å². The molecule has 3 aromatic rings. The number of esters is 1. The second kappa shape index (κ2) is 7.37. The van der Waals surface area contributed by atoms with Crippen LogP contribution < -0.4 is 0 Å². The van der Waals surface area contributed by atoms with E-state index in [2.05, 4.69) is 6.07 Å². The lowest BCUT2D eigenvalue weighted by molar-refractivity contribution is 0.0600. The molecule has 5 nitrogen and oxygen atoms in total. The number of carbonyl (C=O) groups excluding carboxylic acids is 1. The summed E-state index contributed by atoms with van der Waals surface area (Å²) in [5, 5.41) is 8.96. The van der Waals surface area contributed by atoms with Crippen LogP contribution in [0.1, 0.15) is 28.0 Å². The highest BCUT2D eigenvalue weighted by Gasteiger charge is 2.16. The third kappa shape index (κ3) is 3.35. The molecular formula is C19H16ClN3O2. The number of imidazole rings is 1. The Morgan fingerprint density at radius 2 is 2.04 bits per heavy atom. The first-order valence-corrected chi connectivity index (χ1v) is 8.37. The molecule has 0 saturated heterocycles. The van der Waals surface area contributed by atoms with Crippen LogP contribution in [-0.4, -0.2) is 28.3 Å². The van der Waals surface area contributed by atoms with Crippen molar-refractivity contribution in [2.24, 2.45) is 0 Å². The first-order chi connectivity index (χ1) is 12.2. The fraction of sp³-hybridized carbons (Fsp3) is 0.211. The highest BCUT2D eigenvalue weighted by atomic mass is 35.5. The number of pyridine rings is 1. The van der Waals surface area contributed by atoms with Crippen molar-refractivity contribution in [3.8, 4) is 17.3 Å². The molecular weight excluding hydrogens is 338 g/mol. The number of hydrogen-bond acceptors (Lipinski definition) is 4. The van der Waals surface area contributed by atoms with Crippen molar-refractivity contribution in [3.63, 3.8) is 0 Å². The molecule has 0 spiro atoms. The van der Waals surface area contributed by atoms with Gasteiger partial charge in [-0.05, 0) is 37.1 Å². The SMILES string of the molecule is COC(=O)c1ccc2nc(-c3ccc(C#N)cc3)c(CCCCl)n2c1. The molecule has 2 heterocycles. The van der Waals surface area contributed by atoms with Crippen LogP contribution in [0.3, 0.4) is 0 Å². The molecule has 0 N–H and O–H groups in total. The average Bonchev–Trinajstić information content (AvgIpc) is 3.03. The number of alkyl halides is 1. The number of aromatic nitrogens is 2. The van der Waals surface area contributed by atoms with Crippen molar-refractivity contribution in [2.75, 3.05) is 13.0 Å². The number of nitriles is 1. The van der Waals surface area contributed by atoms with E-state index in [1.54, 1.807) is 30.5 Å². The number of halogens is 1. The summed E-state index contributed by atoms with van der Waals surface area (Å²) in [6.45, 7) is 0. The molecule has 6 heteroatoms. The molecule has 0 aliphatic heterocycles. The lowest BCUT2D eigenvalue weighted by Gasteiger charge is -2.06. The molecule has 0 unspecified atom stereocenters. The molecule has 25 heavy (non-hydrogen) atoms. The number of methoxy groups -OCH3 is 1. The molecule has 0 amide bonds. The quantitative estimate of drug-likeness (QED) is 0.516. The molecule has 0 bridgehead atoms. The van der Waals surface area contributed by atoms with Crippen molar-refractivity contribution in [2.45, 2.75) is 12.8 Å². The van der Waals surface area contributed by atoms with E-state index >= 15 is 0 Å². The molecule has 0 radical (unpaired) electrons. The van der Waals surface area contributed by atoms with Crippen LogP contribution in [0.4, 0.5) is 0 Å². The van der Waals surface area contributed by atoms with E-state index in [9.17, 15) is 4.79 Å². The Morgan fingerprint density at radius 3 is 2.68 bits per heavy atom. The minimum absolute atomic E-state index is 0.390. The van der Waals surface area contributed by atoms with Crippen LogP contribution in [0.25, 0.3) is 16.9 Å². The molecule has 1 aromatic carbocycles. The van der Waals surface area contributed by atoms with Gasteiger partial charge in [-0.2, -0.15) is 5.26 Å². The number of nitrogens with zero attached hydrogens (tertiary/aromatic N) is 3. The number of fused-ring (bicyclic) bond motifs is 1. The zero-order valence-corrected chi connectivity index (χ0v) is 14.5. The Bertz CT molecular complexity index is 955. The van der Waals surface area contributed by atoms with Crippen molar-refractivity contribution in [1.82, 2.24) is 9.38 Å². The van der Waals surface area contributed by atoms with E-state index in [1.807, 2.05) is 16.5 Å². The van der Waals surface area contributed by atoms with E-state index < -0.39 is 0 Å². The summed E-state index contributed by atoms with van der Waals surface area (Å²) in [6, 6.07) is 12.9. The maximum absolute atomic E-state index is 11.8. The van der Waals surface area contributed by atoms with Gasteiger partial charge in [-0.3, -0.25) is 0 Å². The lowest BCUT2D eigenvalue weighted by Crippen LogP contribution is -2.04. The zero-order valence-electron chi connectivity index (χ0n) is 13.7. The van der Waals surface area contributed by atoms with Gasteiger partial charge >= 0.3 is 5.97 Å². The predicted molar refractivity (Wildman–Crippen MR) is 95.7 cm³/mol. The van der Waals surface area contributed by atoms with Crippen LogP contribution in [0.15, 0.2) is 42.6 Å². The third-order valence-electron chi connectivity index (χ3n) is 3.97. The number of carbonyl (C=O) groups is 1. The number of hydrogen-bond donors (Lipinski definition) is 0. The number of benzene rings is 1. The number of aryl methyl sites for hydroxylation is 1. The Kier molecular flexibility index (Phi) is 5.01. The molecule has 0 aliphatic carbocycles. The Balaban J connectivity index is 2.16. The third-order valence-corrected chi connectivity index (χ3v) is 4.24. The van der Waals surface area contributed by atoms with E-state index in [1.165, 1.54) is 7.11 Å². The zero-order chi connectivity index (χ0) is 17.8. The van der Waals surface area contributed by atoms with Crippen LogP contribution in [0, 0.1) is 11.3 Å². The molecule has 0 fully saturated rings. The summed E-state index contributed by atoms with van der Waals surface area (Å²) in [6.07, 6.45) is 3.26. The topological polar surface area (TPSA) is 67.4 Å². The minimum atomic E-state index is -0.390. The van der Waals surface area contributed by atoms with Crippen molar-refractivity contribution in [1.29, 1.82) is 5.26 Å². The first kappa shape index (κ1) is 17.0. The smallest absolute Gasteiger partial charge is 0.339 e. The van der Waals surface area contributed by atoms with Crippen LogP contribution in [0.2, 0.25) is 0 Å². The molecule has 0 saturated carbocycles. The monoisotopic (exact) mass is 353 g/mol. The van der Waals surface area contributed by atoms with E-state index in [-0.39, 0.29) is 5.97 Å². The fourth-order valence-electron chi connectivity index (χ4n) is 2.74. The minimum Gasteiger partial charge on any atom is -0.465 e. The molecule has 0 aliphatic rings. The maximum Gasteiger partial charge on any atom is 0.339 e. The summed E-state index contributed by atoms with van der Waals surface area (Å²) in [5.41, 5.74) is 4.54. The van der Waals surface area contributed by atoms with Gasteiger partial charge in [0.05, 0.1) is 35.7 Å². The number of ether oxygens (including phenoxy) is 1. The van der Waals surface area contributed by atoms with Gasteiger partial charge in [-0.15, -0.1) is 11.6 Å². The van der Waals surface area contributed by atoms with Gasteiger partial charge in [0.25, 0.3) is 0 Å².